The Morgan fingerprint density at radius 3 is 1.94 bits per heavy atom. The Balaban J connectivity index is 2.07. The third kappa shape index (κ3) is 16.4. The van der Waals surface area contributed by atoms with Gasteiger partial charge in [0.15, 0.2) is 5.96 Å². The molecular weight excluding hydrogens is 928 g/mol. The van der Waals surface area contributed by atoms with Gasteiger partial charge in [0.2, 0.25) is 29.5 Å². The van der Waals surface area contributed by atoms with E-state index in [-0.39, 0.29) is 56.3 Å². The van der Waals surface area contributed by atoms with Crippen LogP contribution in [0.4, 0.5) is 0 Å². The van der Waals surface area contributed by atoms with E-state index in [1.54, 1.807) is 42.5 Å². The molecule has 0 heterocycles. The summed E-state index contributed by atoms with van der Waals surface area (Å²) in [7, 11) is 0. The smallest absolute Gasteiger partial charge is 0.326 e. The number of hydrogen-bond acceptors (Lipinski definition) is 9. The van der Waals surface area contributed by atoms with E-state index in [4.69, 9.17) is 17.2 Å². The number of benzene rings is 2. The number of amides is 5. The van der Waals surface area contributed by atoms with Gasteiger partial charge in [-0.2, -0.15) is 0 Å². The summed E-state index contributed by atoms with van der Waals surface area (Å²) in [6.07, 6.45) is 0.665. The lowest BCUT2D eigenvalue weighted by molar-refractivity contribution is -0.142. The number of carbonyl (C=O) groups excluding carboxylic acids is 5. The van der Waals surface area contributed by atoms with Gasteiger partial charge in [-0.05, 0) is 107 Å². The second-order valence-electron chi connectivity index (χ2n) is 13.0. The second-order valence-corrected chi connectivity index (χ2v) is 15.3. The first-order valence-corrected chi connectivity index (χ1v) is 19.3. The van der Waals surface area contributed by atoms with E-state index < -0.39 is 72.3 Å². The van der Waals surface area contributed by atoms with Crippen molar-refractivity contribution in [2.75, 3.05) is 13.1 Å². The van der Waals surface area contributed by atoms with E-state index in [0.717, 1.165) is 5.56 Å². The van der Waals surface area contributed by atoms with Gasteiger partial charge in [0, 0.05) is 13.0 Å². The number of nitrogens with zero attached hydrogens (tertiary/aromatic N) is 1. The standard InChI is InChI=1S/C35H49I2N9O8/c1-18(2)12-26(32(51)45-25(34(53)54)10-7-11-41-35(39)40)46-33(52)27(16-20-8-5-4-6-9-20)44-28(47)17-42-30(49)19(3)43-31(50)24(38)15-21-13-22(36)29(48)23(37)14-21/h4-6,8-9,13-14,18-19,24-27,48H,7,10-12,15-17,38H2,1-3H3,(H,42,49)(H,43,50)(H,44,47)(H,45,51)(H,46,52)(H,53,54)(H4,39,40,41)/t19-,24+,25+,26+,27+/m1/s1. The molecule has 0 bridgehead atoms. The number of halogens is 2. The van der Waals surface area contributed by atoms with Crippen LogP contribution < -0.4 is 43.8 Å². The number of rotatable bonds is 21. The summed E-state index contributed by atoms with van der Waals surface area (Å²) < 4.78 is 1.21. The summed E-state index contributed by atoms with van der Waals surface area (Å²) in [5, 5.41) is 32.4. The van der Waals surface area contributed by atoms with Crippen LogP contribution in [0, 0.1) is 13.1 Å². The van der Waals surface area contributed by atoms with Gasteiger partial charge in [0.05, 0.1) is 19.7 Å². The van der Waals surface area contributed by atoms with E-state index in [1.807, 2.05) is 59.0 Å². The number of aliphatic carboxylic acids is 1. The Hall–Kier alpha value is -4.25. The molecule has 0 aromatic heterocycles. The minimum Gasteiger partial charge on any atom is -0.506 e. The highest BCUT2D eigenvalue weighted by atomic mass is 127. The van der Waals surface area contributed by atoms with Crippen molar-refractivity contribution < 1.29 is 39.0 Å². The summed E-state index contributed by atoms with van der Waals surface area (Å²) in [6.45, 7) is 4.71. The average molecular weight is 978 g/mol. The Morgan fingerprint density at radius 2 is 1.37 bits per heavy atom. The Morgan fingerprint density at radius 1 is 0.778 bits per heavy atom. The fourth-order valence-corrected chi connectivity index (χ4v) is 7.00. The number of aliphatic imine (C=N–C) groups is 1. The quantitative estimate of drug-likeness (QED) is 0.0343. The SMILES string of the molecule is CC(C)C[C@H](NC(=O)[C@H](Cc1ccccc1)NC(=O)CNC(=O)[C@@H](C)NC(=O)[C@@H](N)Cc1cc(I)c(O)c(I)c1)C(=O)N[C@@H](CCCN=C(N)N)C(=O)O. The molecule has 19 heteroatoms. The van der Waals surface area contributed by atoms with Gasteiger partial charge in [-0.1, -0.05) is 44.2 Å². The van der Waals surface area contributed by atoms with Crippen LogP contribution >= 0.6 is 45.2 Å². The number of carboxylic acids is 1. The number of aromatic hydroxyl groups is 1. The molecule has 0 aliphatic rings. The average Bonchev–Trinajstić information content (AvgIpc) is 3.09. The molecule has 0 saturated heterocycles. The maximum Gasteiger partial charge on any atom is 0.326 e. The minimum absolute atomic E-state index is 0.0342. The molecule has 17 nitrogen and oxygen atoms in total. The van der Waals surface area contributed by atoms with Crippen molar-refractivity contribution in [3.8, 4) is 5.75 Å². The highest BCUT2D eigenvalue weighted by Crippen LogP contribution is 2.27. The highest BCUT2D eigenvalue weighted by molar-refractivity contribution is 14.1. The summed E-state index contributed by atoms with van der Waals surface area (Å²) in [5.74, 6) is -4.77. The number of guanidine groups is 1. The van der Waals surface area contributed by atoms with E-state index in [0.29, 0.717) is 12.7 Å². The normalized spacial score (nSPS) is 13.7. The van der Waals surface area contributed by atoms with E-state index >= 15 is 0 Å². The van der Waals surface area contributed by atoms with Gasteiger partial charge in [-0.25, -0.2) is 4.79 Å². The van der Waals surface area contributed by atoms with E-state index in [1.165, 1.54) is 6.92 Å². The number of carboxylic acid groups (broad SMARTS) is 1. The lowest BCUT2D eigenvalue weighted by Crippen LogP contribution is -2.57. The molecule has 0 aliphatic heterocycles. The van der Waals surface area contributed by atoms with Crippen LogP contribution in [-0.2, 0) is 41.6 Å². The fraction of sp³-hybridized carbons (Fsp3) is 0.457. The van der Waals surface area contributed by atoms with E-state index in [2.05, 4.69) is 31.6 Å². The third-order valence-corrected chi connectivity index (χ3v) is 9.52. The van der Waals surface area contributed by atoms with Crippen LogP contribution in [0.5, 0.6) is 5.75 Å². The molecule has 296 valence electrons. The molecule has 54 heavy (non-hydrogen) atoms. The largest absolute Gasteiger partial charge is 0.506 e. The van der Waals surface area contributed by atoms with Gasteiger partial charge < -0.3 is 54.0 Å². The van der Waals surface area contributed by atoms with Crippen molar-refractivity contribution >= 4 is 86.6 Å². The first-order valence-electron chi connectivity index (χ1n) is 17.1. The van der Waals surface area contributed by atoms with Gasteiger partial charge >= 0.3 is 5.97 Å². The Kier molecular flexibility index (Phi) is 19.4. The lowest BCUT2D eigenvalue weighted by atomic mass is 10.0. The molecule has 0 spiro atoms. The number of carbonyl (C=O) groups is 6. The zero-order chi connectivity index (χ0) is 40.5. The molecule has 0 fully saturated rings. The van der Waals surface area contributed by atoms with Gasteiger partial charge in [-0.15, -0.1) is 0 Å². The third-order valence-electron chi connectivity index (χ3n) is 7.88. The predicted octanol–water partition coefficient (Wildman–Crippen LogP) is -0.0265. The molecule has 5 atom stereocenters. The monoisotopic (exact) mass is 977 g/mol. The summed E-state index contributed by atoms with van der Waals surface area (Å²) >= 11 is 3.95. The predicted molar refractivity (Wildman–Crippen MR) is 219 cm³/mol. The number of nitrogens with one attached hydrogen (secondary N) is 5. The topological polar surface area (TPSA) is 293 Å². The number of phenolic OH excluding ortho intramolecular Hbond substituents is 1. The first kappa shape index (κ1) is 45.9. The zero-order valence-electron chi connectivity index (χ0n) is 30.2. The zero-order valence-corrected chi connectivity index (χ0v) is 34.5. The molecule has 2 rings (SSSR count). The molecule has 2 aromatic rings. The minimum atomic E-state index is -1.27. The second kappa shape index (κ2) is 22.8. The van der Waals surface area contributed by atoms with Gasteiger partial charge in [0.25, 0.3) is 0 Å². The molecule has 0 saturated carbocycles. The Labute approximate surface area is 341 Å². The molecule has 13 N–H and O–H groups in total. The summed E-state index contributed by atoms with van der Waals surface area (Å²) in [5.41, 5.74) is 18.1. The van der Waals surface area contributed by atoms with Crippen molar-refractivity contribution in [2.24, 2.45) is 28.1 Å². The first-order chi connectivity index (χ1) is 25.4. The van der Waals surface area contributed by atoms with Crippen LogP contribution in [0.3, 0.4) is 0 Å². The van der Waals surface area contributed by atoms with Crippen molar-refractivity contribution in [1.29, 1.82) is 0 Å². The van der Waals surface area contributed by atoms with Crippen LogP contribution in [0.1, 0.15) is 51.2 Å². The van der Waals surface area contributed by atoms with Crippen LogP contribution in [0.25, 0.3) is 0 Å². The maximum atomic E-state index is 13.7. The summed E-state index contributed by atoms with van der Waals surface area (Å²) in [6, 6.07) is 6.59. The number of nitrogens with two attached hydrogens (primary N) is 3. The highest BCUT2D eigenvalue weighted by Gasteiger charge is 2.30. The molecule has 2 aromatic carbocycles. The van der Waals surface area contributed by atoms with E-state index in [9.17, 15) is 39.0 Å². The van der Waals surface area contributed by atoms with Gasteiger partial charge in [0.1, 0.15) is 29.9 Å². The molecule has 0 radical (unpaired) electrons. The lowest BCUT2D eigenvalue weighted by Gasteiger charge is -2.26. The molecular formula is C35H49I2N9O8. The van der Waals surface area contributed by atoms with Crippen LogP contribution in [0.15, 0.2) is 47.5 Å². The van der Waals surface area contributed by atoms with Crippen molar-refractivity contribution in [3.63, 3.8) is 0 Å². The summed E-state index contributed by atoms with van der Waals surface area (Å²) in [4.78, 5) is 81.3. The maximum absolute atomic E-state index is 13.7. The number of phenols is 1. The van der Waals surface area contributed by atoms with Crippen LogP contribution in [-0.4, -0.2) is 95.0 Å². The molecule has 0 aliphatic carbocycles. The Bertz CT molecular complexity index is 1640. The van der Waals surface area contributed by atoms with Crippen molar-refractivity contribution in [3.05, 3.63) is 60.7 Å². The van der Waals surface area contributed by atoms with Crippen LogP contribution in [0.2, 0.25) is 0 Å². The number of hydrogen-bond donors (Lipinski definition) is 10. The fourth-order valence-electron chi connectivity index (χ4n) is 5.10. The molecule has 5 amide bonds. The van der Waals surface area contributed by atoms with Crippen molar-refractivity contribution in [2.45, 2.75) is 83.1 Å². The van der Waals surface area contributed by atoms with Crippen molar-refractivity contribution in [1.82, 2.24) is 26.6 Å². The van der Waals surface area contributed by atoms with Gasteiger partial charge in [-0.3, -0.25) is 29.0 Å². The molecule has 0 unspecified atom stereocenters.